The lowest BCUT2D eigenvalue weighted by Gasteiger charge is -2.44. The first kappa shape index (κ1) is 23.0. The first-order chi connectivity index (χ1) is 16.2. The van der Waals surface area contributed by atoms with Crippen molar-refractivity contribution in [2.75, 3.05) is 5.32 Å². The molecule has 2 aromatic carbocycles. The molecular weight excluding hydrogens is 460 g/mol. The zero-order valence-corrected chi connectivity index (χ0v) is 20.2. The number of para-hydroxylation sites is 1. The molecule has 0 bridgehead atoms. The Bertz CT molecular complexity index is 1270. The minimum Gasteiger partial charge on any atom is -0.443 e. The third kappa shape index (κ3) is 3.80. The second-order valence-corrected chi connectivity index (χ2v) is 10.4. The van der Waals surface area contributed by atoms with E-state index in [4.69, 9.17) is 16.3 Å². The Morgan fingerprint density at radius 3 is 2.71 bits per heavy atom. The summed E-state index contributed by atoms with van der Waals surface area (Å²) in [6.45, 7) is 5.54. The molecule has 2 heterocycles. The van der Waals surface area contributed by atoms with Gasteiger partial charge >= 0.3 is 6.09 Å². The Morgan fingerprint density at radius 2 is 1.97 bits per heavy atom. The average Bonchev–Trinajstić information content (AvgIpc) is 3.41. The molecule has 0 saturated heterocycles. The van der Waals surface area contributed by atoms with Crippen molar-refractivity contribution in [3.8, 4) is 11.1 Å². The van der Waals surface area contributed by atoms with Crippen LogP contribution in [0.3, 0.4) is 0 Å². The number of nitrogens with one attached hydrogen (secondary N) is 3. The Kier molecular flexibility index (Phi) is 5.71. The third-order valence-electron chi connectivity index (χ3n) is 7.18. The molecule has 1 aliphatic heterocycles. The standard InChI is InChI=1S/C26H28ClF2N3O2/c1-13-20-19(32-26(2,3)24(13)34-25(33)31-14-7-4-5-8-14)11-18(28)21(22(20)29)16-10-6-9-15-17(27)12-30-23(15)16/h6,9-14,24,30,32H,4-5,7-8H2,1-3H3,(H,31,33)/t13-,24+/m0/s1. The highest BCUT2D eigenvalue weighted by Crippen LogP contribution is 2.46. The minimum atomic E-state index is -0.729. The normalized spacial score (nSPS) is 21.8. The van der Waals surface area contributed by atoms with Gasteiger partial charge in [0, 0.05) is 40.4 Å². The fourth-order valence-electron chi connectivity index (χ4n) is 5.59. The Labute approximate surface area is 202 Å². The molecule has 8 heteroatoms. The Morgan fingerprint density at radius 1 is 1.24 bits per heavy atom. The van der Waals surface area contributed by atoms with Crippen molar-refractivity contribution in [3.05, 3.63) is 52.7 Å². The summed E-state index contributed by atoms with van der Waals surface area (Å²) in [6.07, 6.45) is 4.48. The number of rotatable bonds is 3. The minimum absolute atomic E-state index is 0.111. The van der Waals surface area contributed by atoms with Crippen LogP contribution in [0.1, 0.15) is 57.9 Å². The van der Waals surface area contributed by atoms with Gasteiger partial charge in [0.15, 0.2) is 0 Å². The lowest BCUT2D eigenvalue weighted by Crippen LogP contribution is -2.53. The molecule has 3 aromatic rings. The Balaban J connectivity index is 1.54. The van der Waals surface area contributed by atoms with E-state index in [0.29, 0.717) is 32.7 Å². The third-order valence-corrected chi connectivity index (χ3v) is 7.49. The van der Waals surface area contributed by atoms with E-state index in [-0.39, 0.29) is 11.6 Å². The number of ether oxygens (including phenoxy) is 1. The quantitative estimate of drug-likeness (QED) is 0.368. The number of halogens is 3. The molecule has 0 radical (unpaired) electrons. The van der Waals surface area contributed by atoms with Crippen LogP contribution in [0.5, 0.6) is 0 Å². The molecule has 0 unspecified atom stereocenters. The fourth-order valence-corrected chi connectivity index (χ4v) is 5.80. The van der Waals surface area contributed by atoms with Crippen molar-refractivity contribution in [2.45, 2.75) is 70.1 Å². The first-order valence-electron chi connectivity index (χ1n) is 11.7. The molecule has 1 saturated carbocycles. The van der Waals surface area contributed by atoms with E-state index < -0.39 is 35.3 Å². The van der Waals surface area contributed by atoms with E-state index in [1.54, 1.807) is 24.4 Å². The van der Waals surface area contributed by atoms with Gasteiger partial charge < -0.3 is 20.4 Å². The van der Waals surface area contributed by atoms with Crippen LogP contribution in [0.2, 0.25) is 5.02 Å². The summed E-state index contributed by atoms with van der Waals surface area (Å²) in [5.41, 5.74) is 0.743. The second-order valence-electron chi connectivity index (χ2n) is 9.96. The van der Waals surface area contributed by atoms with Gasteiger partial charge in [-0.05, 0) is 32.8 Å². The van der Waals surface area contributed by atoms with Crippen LogP contribution in [0.4, 0.5) is 19.3 Å². The van der Waals surface area contributed by atoms with Crippen molar-refractivity contribution in [1.82, 2.24) is 10.3 Å². The summed E-state index contributed by atoms with van der Waals surface area (Å²) in [7, 11) is 0. The van der Waals surface area contributed by atoms with Crippen molar-refractivity contribution in [3.63, 3.8) is 0 Å². The van der Waals surface area contributed by atoms with Gasteiger partial charge in [-0.2, -0.15) is 0 Å². The molecule has 5 nitrogen and oxygen atoms in total. The molecule has 1 aliphatic carbocycles. The van der Waals surface area contributed by atoms with Crippen LogP contribution in [-0.2, 0) is 4.74 Å². The summed E-state index contributed by atoms with van der Waals surface area (Å²) >= 11 is 6.23. The van der Waals surface area contributed by atoms with Crippen molar-refractivity contribution >= 4 is 34.3 Å². The topological polar surface area (TPSA) is 66.1 Å². The van der Waals surface area contributed by atoms with E-state index >= 15 is 8.78 Å². The summed E-state index contributed by atoms with van der Waals surface area (Å²) < 4.78 is 37.3. The maximum atomic E-state index is 16.1. The van der Waals surface area contributed by atoms with E-state index in [1.165, 1.54) is 6.07 Å². The van der Waals surface area contributed by atoms with Crippen molar-refractivity contribution in [2.24, 2.45) is 0 Å². The zero-order chi connectivity index (χ0) is 24.2. The van der Waals surface area contributed by atoms with Gasteiger partial charge in [-0.3, -0.25) is 0 Å². The predicted molar refractivity (Wildman–Crippen MR) is 130 cm³/mol. The molecule has 180 valence electrons. The van der Waals surface area contributed by atoms with Crippen LogP contribution in [-0.4, -0.2) is 28.8 Å². The number of H-pyrrole nitrogens is 1. The number of benzene rings is 2. The van der Waals surface area contributed by atoms with E-state index in [2.05, 4.69) is 15.6 Å². The van der Waals surface area contributed by atoms with E-state index in [0.717, 1.165) is 25.7 Å². The number of fused-ring (bicyclic) bond motifs is 2. The number of hydrogen-bond donors (Lipinski definition) is 3. The van der Waals surface area contributed by atoms with Crippen LogP contribution < -0.4 is 10.6 Å². The summed E-state index contributed by atoms with van der Waals surface area (Å²) in [6, 6.07) is 6.62. The molecule has 34 heavy (non-hydrogen) atoms. The highest BCUT2D eigenvalue weighted by molar-refractivity contribution is 6.36. The smallest absolute Gasteiger partial charge is 0.407 e. The molecule has 5 rings (SSSR count). The van der Waals surface area contributed by atoms with Crippen LogP contribution in [0.15, 0.2) is 30.5 Å². The van der Waals surface area contributed by atoms with Gasteiger partial charge in [-0.25, -0.2) is 13.6 Å². The van der Waals surface area contributed by atoms with Gasteiger partial charge in [0.05, 0.1) is 21.6 Å². The molecule has 2 atom stereocenters. The number of hydrogen-bond acceptors (Lipinski definition) is 3. The van der Waals surface area contributed by atoms with E-state index in [9.17, 15) is 4.79 Å². The number of aromatic nitrogens is 1. The molecule has 1 amide bonds. The molecule has 3 N–H and O–H groups in total. The zero-order valence-electron chi connectivity index (χ0n) is 19.4. The van der Waals surface area contributed by atoms with Gasteiger partial charge in [0.2, 0.25) is 0 Å². The molecule has 2 aliphatic rings. The van der Waals surface area contributed by atoms with Crippen LogP contribution in [0, 0.1) is 11.6 Å². The summed E-state index contributed by atoms with van der Waals surface area (Å²) in [5.74, 6) is -1.86. The van der Waals surface area contributed by atoms with Gasteiger partial charge in [-0.1, -0.05) is 49.6 Å². The number of anilines is 1. The lowest BCUT2D eigenvalue weighted by atomic mass is 9.77. The summed E-state index contributed by atoms with van der Waals surface area (Å²) in [4.78, 5) is 15.7. The predicted octanol–water partition coefficient (Wildman–Crippen LogP) is 7.11. The molecule has 1 aromatic heterocycles. The first-order valence-corrected chi connectivity index (χ1v) is 12.1. The maximum absolute atomic E-state index is 16.1. The number of carbonyl (C=O) groups is 1. The largest absolute Gasteiger partial charge is 0.443 e. The fraction of sp³-hybridized carbons (Fsp3) is 0.423. The van der Waals surface area contributed by atoms with Crippen molar-refractivity contribution < 1.29 is 18.3 Å². The van der Waals surface area contributed by atoms with Gasteiger partial charge in [0.25, 0.3) is 0 Å². The lowest BCUT2D eigenvalue weighted by molar-refractivity contribution is 0.0448. The maximum Gasteiger partial charge on any atom is 0.407 e. The number of carbonyl (C=O) groups excluding carboxylic acids is 1. The highest BCUT2D eigenvalue weighted by Gasteiger charge is 2.45. The number of amides is 1. The second kappa shape index (κ2) is 8.45. The summed E-state index contributed by atoms with van der Waals surface area (Å²) in [5, 5.41) is 7.30. The van der Waals surface area contributed by atoms with Crippen molar-refractivity contribution in [1.29, 1.82) is 0 Å². The average molecular weight is 488 g/mol. The number of aromatic amines is 1. The highest BCUT2D eigenvalue weighted by atomic mass is 35.5. The Hall–Kier alpha value is -2.80. The molecule has 1 fully saturated rings. The van der Waals surface area contributed by atoms with Gasteiger partial charge in [-0.15, -0.1) is 0 Å². The number of alkyl carbamates (subject to hydrolysis) is 1. The van der Waals surface area contributed by atoms with E-state index in [1.807, 2.05) is 20.8 Å². The molecular formula is C26H28ClF2N3O2. The molecule has 0 spiro atoms. The SMILES string of the molecule is C[C@H]1c2c(cc(F)c(-c3cccc4c(Cl)c[nH]c34)c2F)NC(C)(C)[C@@H]1OC(=O)NC1CCCC1. The van der Waals surface area contributed by atoms with Gasteiger partial charge in [0.1, 0.15) is 17.7 Å². The van der Waals surface area contributed by atoms with Crippen LogP contribution in [0.25, 0.3) is 22.0 Å². The monoisotopic (exact) mass is 487 g/mol. The van der Waals surface area contributed by atoms with Crippen LogP contribution >= 0.6 is 11.6 Å².